The standard InChI is InChI=1S/C15H19N3O2/c1-3-17(4-2)14(19)13-10-16-15(20)18(13)11-12-8-6-5-7-9-12/h5-10H,3-4,11H2,1-2H3,(H,16,20). The predicted molar refractivity (Wildman–Crippen MR) is 77.8 cm³/mol. The molecule has 0 saturated carbocycles. The molecule has 2 aromatic rings. The normalized spacial score (nSPS) is 10.5. The van der Waals surface area contributed by atoms with Gasteiger partial charge in [0.2, 0.25) is 0 Å². The van der Waals surface area contributed by atoms with E-state index in [1.54, 1.807) is 4.90 Å². The number of hydrogen-bond donors (Lipinski definition) is 1. The van der Waals surface area contributed by atoms with Crippen LogP contribution in [-0.2, 0) is 6.54 Å². The Morgan fingerprint density at radius 2 is 1.85 bits per heavy atom. The van der Waals surface area contributed by atoms with Gasteiger partial charge in [0, 0.05) is 19.3 Å². The van der Waals surface area contributed by atoms with Gasteiger partial charge < -0.3 is 9.88 Å². The van der Waals surface area contributed by atoms with Crippen LogP contribution in [0, 0.1) is 0 Å². The molecule has 0 radical (unpaired) electrons. The second-order valence-corrected chi connectivity index (χ2v) is 4.53. The molecular weight excluding hydrogens is 254 g/mol. The Labute approximate surface area is 117 Å². The van der Waals surface area contributed by atoms with E-state index in [1.807, 2.05) is 44.2 Å². The smallest absolute Gasteiger partial charge is 0.326 e. The molecule has 1 amide bonds. The van der Waals surface area contributed by atoms with E-state index in [9.17, 15) is 9.59 Å². The number of amides is 1. The first kappa shape index (κ1) is 14.1. The summed E-state index contributed by atoms with van der Waals surface area (Å²) in [5, 5.41) is 0. The minimum Gasteiger partial charge on any atom is -0.338 e. The van der Waals surface area contributed by atoms with Crippen LogP contribution in [0.4, 0.5) is 0 Å². The highest BCUT2D eigenvalue weighted by Gasteiger charge is 2.18. The zero-order valence-electron chi connectivity index (χ0n) is 11.8. The number of carbonyl (C=O) groups excluding carboxylic acids is 1. The first-order valence-electron chi connectivity index (χ1n) is 6.78. The molecule has 0 fully saturated rings. The van der Waals surface area contributed by atoms with E-state index in [4.69, 9.17) is 0 Å². The van der Waals surface area contributed by atoms with Crippen LogP contribution in [0.25, 0.3) is 0 Å². The summed E-state index contributed by atoms with van der Waals surface area (Å²) in [5.41, 5.74) is 1.13. The SMILES string of the molecule is CCN(CC)C(=O)c1c[nH]c(=O)n1Cc1ccccc1. The van der Waals surface area contributed by atoms with Gasteiger partial charge in [-0.05, 0) is 19.4 Å². The van der Waals surface area contributed by atoms with E-state index in [0.717, 1.165) is 5.56 Å². The third kappa shape index (κ3) is 2.82. The molecule has 0 atom stereocenters. The summed E-state index contributed by atoms with van der Waals surface area (Å²) in [6.07, 6.45) is 1.49. The third-order valence-corrected chi connectivity index (χ3v) is 3.32. The van der Waals surface area contributed by atoms with E-state index < -0.39 is 0 Å². The van der Waals surface area contributed by atoms with E-state index >= 15 is 0 Å². The number of nitrogens with zero attached hydrogens (tertiary/aromatic N) is 2. The average Bonchev–Trinajstić information content (AvgIpc) is 2.82. The molecule has 2 rings (SSSR count). The highest BCUT2D eigenvalue weighted by molar-refractivity contribution is 5.92. The van der Waals surface area contributed by atoms with Crippen LogP contribution in [-0.4, -0.2) is 33.4 Å². The number of aromatic nitrogens is 2. The van der Waals surface area contributed by atoms with E-state index in [2.05, 4.69) is 4.98 Å². The Balaban J connectivity index is 2.33. The monoisotopic (exact) mass is 273 g/mol. The first-order chi connectivity index (χ1) is 9.67. The molecule has 0 bridgehead atoms. The van der Waals surface area contributed by atoms with Crippen molar-refractivity contribution in [1.29, 1.82) is 0 Å². The summed E-state index contributed by atoms with van der Waals surface area (Å²) in [5.74, 6) is -0.121. The number of imidazole rings is 1. The molecule has 1 aromatic carbocycles. The Kier molecular flexibility index (Phi) is 4.40. The van der Waals surface area contributed by atoms with Crippen molar-refractivity contribution >= 4 is 5.91 Å². The number of hydrogen-bond acceptors (Lipinski definition) is 2. The van der Waals surface area contributed by atoms with Gasteiger partial charge in [0.05, 0.1) is 6.54 Å². The van der Waals surface area contributed by atoms with Crippen molar-refractivity contribution in [3.8, 4) is 0 Å². The fourth-order valence-corrected chi connectivity index (χ4v) is 2.17. The van der Waals surface area contributed by atoms with Gasteiger partial charge in [0.1, 0.15) is 5.69 Å². The lowest BCUT2D eigenvalue weighted by Gasteiger charge is -2.19. The largest absolute Gasteiger partial charge is 0.338 e. The number of benzene rings is 1. The van der Waals surface area contributed by atoms with Crippen LogP contribution < -0.4 is 5.69 Å². The van der Waals surface area contributed by atoms with Gasteiger partial charge in [-0.3, -0.25) is 9.36 Å². The second kappa shape index (κ2) is 6.23. The molecule has 0 saturated heterocycles. The van der Waals surface area contributed by atoms with Crippen molar-refractivity contribution in [1.82, 2.24) is 14.5 Å². The molecule has 0 aliphatic carbocycles. The topological polar surface area (TPSA) is 58.1 Å². The number of aromatic amines is 1. The summed E-state index contributed by atoms with van der Waals surface area (Å²) in [6, 6.07) is 9.62. The van der Waals surface area contributed by atoms with Gasteiger partial charge in [-0.1, -0.05) is 30.3 Å². The Morgan fingerprint density at radius 1 is 1.20 bits per heavy atom. The summed E-state index contributed by atoms with van der Waals surface area (Å²) in [7, 11) is 0. The van der Waals surface area contributed by atoms with Crippen LogP contribution in [0.1, 0.15) is 29.9 Å². The van der Waals surface area contributed by atoms with Crippen molar-refractivity contribution in [2.45, 2.75) is 20.4 Å². The molecule has 1 N–H and O–H groups in total. The molecule has 0 aliphatic rings. The molecule has 5 nitrogen and oxygen atoms in total. The van der Waals surface area contributed by atoms with Crippen LogP contribution in [0.2, 0.25) is 0 Å². The summed E-state index contributed by atoms with van der Waals surface area (Å²) in [6.45, 7) is 5.49. The maximum atomic E-state index is 12.4. The highest BCUT2D eigenvalue weighted by Crippen LogP contribution is 2.06. The summed E-state index contributed by atoms with van der Waals surface area (Å²) >= 11 is 0. The van der Waals surface area contributed by atoms with Gasteiger partial charge in [-0.2, -0.15) is 0 Å². The summed E-state index contributed by atoms with van der Waals surface area (Å²) < 4.78 is 1.48. The molecule has 5 heteroatoms. The second-order valence-electron chi connectivity index (χ2n) is 4.53. The lowest BCUT2D eigenvalue weighted by molar-refractivity contribution is 0.0762. The zero-order valence-corrected chi connectivity index (χ0v) is 11.8. The Morgan fingerprint density at radius 3 is 2.45 bits per heavy atom. The highest BCUT2D eigenvalue weighted by atomic mass is 16.2. The zero-order chi connectivity index (χ0) is 14.5. The number of H-pyrrole nitrogens is 1. The molecular formula is C15H19N3O2. The van der Waals surface area contributed by atoms with Crippen LogP contribution in [0.15, 0.2) is 41.3 Å². The fourth-order valence-electron chi connectivity index (χ4n) is 2.17. The molecule has 0 unspecified atom stereocenters. The third-order valence-electron chi connectivity index (χ3n) is 3.32. The molecule has 106 valence electrons. The van der Waals surface area contributed by atoms with Gasteiger partial charge in [0.25, 0.3) is 5.91 Å². The maximum absolute atomic E-state index is 12.4. The van der Waals surface area contributed by atoms with Crippen molar-refractivity contribution in [2.75, 3.05) is 13.1 Å². The molecule has 1 heterocycles. The lowest BCUT2D eigenvalue weighted by atomic mass is 10.2. The van der Waals surface area contributed by atoms with Crippen molar-refractivity contribution in [3.05, 3.63) is 58.3 Å². The number of carbonyl (C=O) groups is 1. The predicted octanol–water partition coefficient (Wildman–Crippen LogP) is 1.71. The Hall–Kier alpha value is -2.30. The van der Waals surface area contributed by atoms with Crippen LogP contribution in [0.5, 0.6) is 0 Å². The number of nitrogens with one attached hydrogen (secondary N) is 1. The van der Waals surface area contributed by atoms with Crippen molar-refractivity contribution in [2.24, 2.45) is 0 Å². The molecule has 0 spiro atoms. The van der Waals surface area contributed by atoms with Gasteiger partial charge in [-0.15, -0.1) is 0 Å². The fraction of sp³-hybridized carbons (Fsp3) is 0.333. The van der Waals surface area contributed by atoms with Crippen molar-refractivity contribution < 1.29 is 4.79 Å². The van der Waals surface area contributed by atoms with Crippen molar-refractivity contribution in [3.63, 3.8) is 0 Å². The molecule has 1 aromatic heterocycles. The van der Waals surface area contributed by atoms with Crippen LogP contribution >= 0.6 is 0 Å². The minimum absolute atomic E-state index is 0.121. The van der Waals surface area contributed by atoms with Gasteiger partial charge >= 0.3 is 5.69 Å². The van der Waals surface area contributed by atoms with E-state index in [0.29, 0.717) is 25.3 Å². The first-order valence-corrected chi connectivity index (χ1v) is 6.78. The van der Waals surface area contributed by atoms with Crippen LogP contribution in [0.3, 0.4) is 0 Å². The quantitative estimate of drug-likeness (QED) is 0.901. The Bertz CT molecular complexity index is 624. The number of rotatable bonds is 5. The lowest BCUT2D eigenvalue weighted by Crippen LogP contribution is -2.33. The molecule has 20 heavy (non-hydrogen) atoms. The van der Waals surface area contributed by atoms with Gasteiger partial charge in [-0.25, -0.2) is 4.79 Å². The van der Waals surface area contributed by atoms with E-state index in [-0.39, 0.29) is 11.6 Å². The van der Waals surface area contributed by atoms with Gasteiger partial charge in [0.15, 0.2) is 0 Å². The average molecular weight is 273 g/mol. The minimum atomic E-state index is -0.260. The maximum Gasteiger partial charge on any atom is 0.326 e. The summed E-state index contributed by atoms with van der Waals surface area (Å²) in [4.78, 5) is 28.6. The van der Waals surface area contributed by atoms with E-state index in [1.165, 1.54) is 10.8 Å². The molecule has 0 aliphatic heterocycles.